The third-order valence-corrected chi connectivity index (χ3v) is 11.5. The lowest BCUT2D eigenvalue weighted by Gasteiger charge is -2.21. The van der Waals surface area contributed by atoms with Gasteiger partial charge in [-0.25, -0.2) is 4.57 Å². The summed E-state index contributed by atoms with van der Waals surface area (Å²) in [5, 5.41) is 9.77. The molecule has 11 nitrogen and oxygen atoms in total. The van der Waals surface area contributed by atoms with Gasteiger partial charge >= 0.3 is 25.7 Å². The molecule has 0 radical (unpaired) electrons. The van der Waals surface area contributed by atoms with Crippen LogP contribution >= 0.6 is 7.82 Å². The van der Waals surface area contributed by atoms with Gasteiger partial charge in [-0.2, -0.15) is 0 Å². The number of esters is 3. The molecule has 0 aromatic rings. The smallest absolute Gasteiger partial charge is 0.461 e. The molecule has 12 heteroatoms. The Labute approximate surface area is 412 Å². The Hall–Kier alpha value is -3.60. The van der Waals surface area contributed by atoms with E-state index in [1.54, 1.807) is 6.08 Å². The normalized spacial score (nSPS) is 14.2. The second-order valence-electron chi connectivity index (χ2n) is 16.9. The van der Waals surface area contributed by atoms with Crippen molar-refractivity contribution < 1.29 is 52.2 Å². The zero-order valence-corrected chi connectivity index (χ0v) is 43.4. The number of phosphoric ester groups is 1. The lowest BCUT2D eigenvalue weighted by atomic mass is 10.0. The van der Waals surface area contributed by atoms with Crippen LogP contribution in [0, 0.1) is 0 Å². The van der Waals surface area contributed by atoms with Crippen molar-refractivity contribution in [2.24, 2.45) is 0 Å². The van der Waals surface area contributed by atoms with Crippen molar-refractivity contribution in [2.75, 3.05) is 26.4 Å². The minimum absolute atomic E-state index is 0.0156. The fourth-order valence-electron chi connectivity index (χ4n) is 6.62. The maximum Gasteiger partial charge on any atom is 0.472 e. The average molecular weight is 973 g/mol. The molecule has 0 heterocycles. The number of rotatable bonds is 47. The Morgan fingerprint density at radius 2 is 0.809 bits per heavy atom. The van der Waals surface area contributed by atoms with E-state index in [4.69, 9.17) is 23.3 Å². The molecule has 0 saturated heterocycles. The van der Waals surface area contributed by atoms with Crippen molar-refractivity contribution in [1.29, 1.82) is 0 Å². The molecular weight excluding hydrogens is 880 g/mol. The third-order valence-electron chi connectivity index (χ3n) is 10.5. The molecule has 0 spiro atoms. The first-order valence-electron chi connectivity index (χ1n) is 26.1. The number of aliphatic hydroxyl groups excluding tert-OH is 1. The Kier molecular flexibility index (Phi) is 47.2. The molecule has 3 unspecified atom stereocenters. The summed E-state index contributed by atoms with van der Waals surface area (Å²) in [7, 11) is -4.77. The van der Waals surface area contributed by atoms with Crippen LogP contribution in [0.1, 0.15) is 201 Å². The standard InChI is InChI=1S/C56H93O11P/c1-4-7-10-13-16-19-22-25-26-29-30-33-36-39-42-45-54(58)63-49-53(67-56(60)47-44-41-38-35-32-28-24-21-18-15-12-9-6-3)51-65-68(61,62)64-50-52(48-57)66-55(59)46-43-40-37-34-31-27-23-20-17-14-11-8-5-2/h7,9-10,12,16,18-19,21,25-26,28,30,32-33,39,42,52-53,57H,4-6,8,11,13-15,17,20,22-24,27,29,31,34-38,40-41,43-51H2,1-3H3,(H,61,62)/b10-7-,12-9-,19-16-,21-18-,26-25-,32-28-,33-30-,42-39-. The molecule has 68 heavy (non-hydrogen) atoms. The number of carbonyl (C=O) groups is 3. The van der Waals surface area contributed by atoms with Gasteiger partial charge in [-0.05, 0) is 77.0 Å². The zero-order chi connectivity index (χ0) is 49.9. The molecule has 3 atom stereocenters. The van der Waals surface area contributed by atoms with Gasteiger partial charge in [0.1, 0.15) is 12.7 Å². The van der Waals surface area contributed by atoms with Crippen molar-refractivity contribution in [1.82, 2.24) is 0 Å². The van der Waals surface area contributed by atoms with Crippen LogP contribution < -0.4 is 0 Å². The van der Waals surface area contributed by atoms with Crippen LogP contribution in [0.4, 0.5) is 0 Å². The van der Waals surface area contributed by atoms with Gasteiger partial charge in [0.05, 0.1) is 26.2 Å². The molecule has 0 saturated carbocycles. The number of unbranched alkanes of at least 4 members (excludes halogenated alkanes) is 15. The maximum absolute atomic E-state index is 12.8. The fourth-order valence-corrected chi connectivity index (χ4v) is 7.40. The predicted octanol–water partition coefficient (Wildman–Crippen LogP) is 14.9. The Bertz CT molecular complexity index is 1510. The van der Waals surface area contributed by atoms with Crippen LogP contribution in [0.25, 0.3) is 0 Å². The first-order chi connectivity index (χ1) is 33.2. The van der Waals surface area contributed by atoms with E-state index in [0.717, 1.165) is 83.5 Å². The van der Waals surface area contributed by atoms with Gasteiger partial charge in [0.15, 0.2) is 6.10 Å². The van der Waals surface area contributed by atoms with Crippen LogP contribution in [0.3, 0.4) is 0 Å². The molecule has 0 amide bonds. The number of hydrogen-bond donors (Lipinski definition) is 2. The van der Waals surface area contributed by atoms with Gasteiger partial charge in [-0.15, -0.1) is 0 Å². The first kappa shape index (κ1) is 64.4. The van der Waals surface area contributed by atoms with Crippen LogP contribution in [-0.2, 0) is 42.2 Å². The summed E-state index contributed by atoms with van der Waals surface area (Å²) < 4.78 is 39.2. The second-order valence-corrected chi connectivity index (χ2v) is 18.4. The lowest BCUT2D eigenvalue weighted by Crippen LogP contribution is -2.30. The van der Waals surface area contributed by atoms with Crippen LogP contribution in [0.15, 0.2) is 97.2 Å². The quantitative estimate of drug-likeness (QED) is 0.0197. The maximum atomic E-state index is 12.8. The Morgan fingerprint density at radius 3 is 1.25 bits per heavy atom. The summed E-state index contributed by atoms with van der Waals surface area (Å²) in [5.74, 6) is -1.66. The number of allylic oxidation sites excluding steroid dienone is 15. The number of carbonyl (C=O) groups excluding carboxylic acids is 3. The van der Waals surface area contributed by atoms with E-state index in [-0.39, 0.29) is 19.3 Å². The summed E-state index contributed by atoms with van der Waals surface area (Å²) in [6, 6.07) is 0. The molecule has 0 aromatic carbocycles. The van der Waals surface area contributed by atoms with Crippen LogP contribution in [0.2, 0.25) is 0 Å². The lowest BCUT2D eigenvalue weighted by molar-refractivity contribution is -0.161. The molecule has 0 fully saturated rings. The highest BCUT2D eigenvalue weighted by Crippen LogP contribution is 2.43. The molecule has 0 rings (SSSR count). The molecule has 0 aliphatic rings. The molecule has 0 bridgehead atoms. The monoisotopic (exact) mass is 973 g/mol. The van der Waals surface area contributed by atoms with Crippen LogP contribution in [-0.4, -0.2) is 66.5 Å². The Balaban J connectivity index is 4.88. The van der Waals surface area contributed by atoms with E-state index in [2.05, 4.69) is 99.8 Å². The summed E-state index contributed by atoms with van der Waals surface area (Å²) in [5.41, 5.74) is 0. The summed E-state index contributed by atoms with van der Waals surface area (Å²) in [6.45, 7) is 4.24. The van der Waals surface area contributed by atoms with E-state index >= 15 is 0 Å². The molecular formula is C56H93O11P. The minimum atomic E-state index is -4.77. The summed E-state index contributed by atoms with van der Waals surface area (Å²) in [6.07, 6.45) is 56.9. The summed E-state index contributed by atoms with van der Waals surface area (Å²) >= 11 is 0. The van der Waals surface area contributed by atoms with E-state index < -0.39 is 64.4 Å². The molecule has 0 aromatic heterocycles. The van der Waals surface area contributed by atoms with Gasteiger partial charge in [-0.3, -0.25) is 23.4 Å². The second kappa shape index (κ2) is 49.8. The Morgan fingerprint density at radius 1 is 0.441 bits per heavy atom. The number of ether oxygens (including phenoxy) is 3. The van der Waals surface area contributed by atoms with Gasteiger partial charge < -0.3 is 24.2 Å². The average Bonchev–Trinajstić information content (AvgIpc) is 3.32. The van der Waals surface area contributed by atoms with E-state index in [9.17, 15) is 28.9 Å². The summed E-state index contributed by atoms with van der Waals surface area (Å²) in [4.78, 5) is 48.2. The molecule has 0 aliphatic carbocycles. The SMILES string of the molecule is CC/C=C\C/C=C\C/C=C\C/C=C\C/C=C\CC(=O)OCC(COP(=O)(O)OCC(CO)OC(=O)CCCCCCCCCCCCCCC)OC(=O)CCCCC/C=C\C/C=C\C/C=C\CC. The molecule has 388 valence electrons. The molecule has 2 N–H and O–H groups in total. The van der Waals surface area contributed by atoms with Crippen molar-refractivity contribution >= 4 is 25.7 Å². The predicted molar refractivity (Wildman–Crippen MR) is 279 cm³/mol. The van der Waals surface area contributed by atoms with Gasteiger partial charge in [0.2, 0.25) is 0 Å². The van der Waals surface area contributed by atoms with E-state index in [1.165, 1.54) is 57.8 Å². The number of phosphoric acid groups is 1. The van der Waals surface area contributed by atoms with Crippen molar-refractivity contribution in [3.63, 3.8) is 0 Å². The van der Waals surface area contributed by atoms with Crippen molar-refractivity contribution in [3.05, 3.63) is 97.2 Å². The fraction of sp³-hybridized carbons (Fsp3) is 0.661. The van der Waals surface area contributed by atoms with Gasteiger partial charge in [0.25, 0.3) is 0 Å². The number of aliphatic hydroxyl groups is 1. The number of hydrogen-bond acceptors (Lipinski definition) is 10. The minimum Gasteiger partial charge on any atom is -0.461 e. The van der Waals surface area contributed by atoms with Crippen molar-refractivity contribution in [3.8, 4) is 0 Å². The molecule has 0 aliphatic heterocycles. The highest BCUT2D eigenvalue weighted by Gasteiger charge is 2.28. The van der Waals surface area contributed by atoms with Gasteiger partial charge in [-0.1, -0.05) is 201 Å². The topological polar surface area (TPSA) is 155 Å². The highest BCUT2D eigenvalue weighted by molar-refractivity contribution is 7.47. The van der Waals surface area contributed by atoms with E-state index in [0.29, 0.717) is 19.3 Å². The largest absolute Gasteiger partial charge is 0.472 e. The third kappa shape index (κ3) is 47.5. The van der Waals surface area contributed by atoms with Crippen molar-refractivity contribution in [2.45, 2.75) is 213 Å². The zero-order valence-electron chi connectivity index (χ0n) is 42.5. The van der Waals surface area contributed by atoms with Gasteiger partial charge in [0, 0.05) is 12.8 Å². The first-order valence-corrected chi connectivity index (χ1v) is 27.6. The van der Waals surface area contributed by atoms with Crippen LogP contribution in [0.5, 0.6) is 0 Å². The van der Waals surface area contributed by atoms with E-state index in [1.807, 2.05) is 12.2 Å². The highest BCUT2D eigenvalue weighted by atomic mass is 31.2.